The Kier molecular flexibility index (Phi) is 3.22. The van der Waals surface area contributed by atoms with Gasteiger partial charge in [0.1, 0.15) is 17.4 Å². The highest BCUT2D eigenvalue weighted by Gasteiger charge is 2.22. The molecule has 0 atom stereocenters. The highest BCUT2D eigenvalue weighted by Crippen LogP contribution is 2.26. The Morgan fingerprint density at radius 2 is 1.91 bits per heavy atom. The molecule has 1 saturated carbocycles. The molecular weight excluding hydrogens is 302 g/mol. The lowest BCUT2D eigenvalue weighted by atomic mass is 10.3. The minimum absolute atomic E-state index is 0.374. The maximum Gasteiger partial charge on any atom is 0.223 e. The van der Waals surface area contributed by atoms with Gasteiger partial charge in [-0.15, -0.1) is 0 Å². The second-order valence-corrected chi connectivity index (χ2v) is 5.32. The normalized spacial score (nSPS) is 14.0. The molecule has 6 nitrogen and oxygen atoms in total. The van der Waals surface area contributed by atoms with Gasteiger partial charge < -0.3 is 10.6 Å². The lowest BCUT2D eigenvalue weighted by Gasteiger charge is -2.09. The predicted octanol–water partition coefficient (Wildman–Crippen LogP) is 3.02. The highest BCUT2D eigenvalue weighted by atomic mass is 19.2. The molecule has 0 bridgehead atoms. The molecule has 2 aromatic heterocycles. The molecule has 0 amide bonds. The van der Waals surface area contributed by atoms with Crippen molar-refractivity contribution in [2.24, 2.45) is 0 Å². The first-order valence-electron chi connectivity index (χ1n) is 7.15. The van der Waals surface area contributed by atoms with E-state index in [0.29, 0.717) is 34.5 Å². The number of rotatable bonds is 4. The van der Waals surface area contributed by atoms with Crippen LogP contribution in [0, 0.1) is 11.6 Å². The summed E-state index contributed by atoms with van der Waals surface area (Å²) in [6, 6.07) is 3.96. The summed E-state index contributed by atoms with van der Waals surface area (Å²) < 4.78 is 26.3. The van der Waals surface area contributed by atoms with Crippen molar-refractivity contribution < 1.29 is 8.78 Å². The van der Waals surface area contributed by atoms with Gasteiger partial charge in [0.2, 0.25) is 5.95 Å². The van der Waals surface area contributed by atoms with Crippen LogP contribution in [0.5, 0.6) is 0 Å². The van der Waals surface area contributed by atoms with Crippen LogP contribution >= 0.6 is 0 Å². The number of fused-ring (bicyclic) bond motifs is 1. The van der Waals surface area contributed by atoms with E-state index in [1.165, 1.54) is 12.4 Å². The number of halogens is 2. The van der Waals surface area contributed by atoms with Crippen LogP contribution in [0.4, 0.5) is 26.2 Å². The number of nitrogens with zero attached hydrogens (tertiary/aromatic N) is 4. The van der Waals surface area contributed by atoms with E-state index in [0.717, 1.165) is 25.0 Å². The molecule has 3 aromatic rings. The largest absolute Gasteiger partial charge is 0.351 e. The Hall–Kier alpha value is -2.90. The van der Waals surface area contributed by atoms with Gasteiger partial charge in [-0.25, -0.2) is 28.7 Å². The van der Waals surface area contributed by atoms with Crippen molar-refractivity contribution in [1.29, 1.82) is 0 Å². The number of hydrogen-bond acceptors (Lipinski definition) is 6. The van der Waals surface area contributed by atoms with Gasteiger partial charge in [-0.05, 0) is 25.0 Å². The molecule has 0 aliphatic heterocycles. The first-order chi connectivity index (χ1) is 11.2. The predicted molar refractivity (Wildman–Crippen MR) is 81.4 cm³/mol. The van der Waals surface area contributed by atoms with Crippen molar-refractivity contribution in [1.82, 2.24) is 19.9 Å². The molecule has 0 spiro atoms. The fourth-order valence-corrected chi connectivity index (χ4v) is 2.14. The average Bonchev–Trinajstić information content (AvgIpc) is 3.35. The monoisotopic (exact) mass is 314 g/mol. The van der Waals surface area contributed by atoms with Crippen LogP contribution in [0.3, 0.4) is 0 Å². The third kappa shape index (κ3) is 2.87. The number of anilines is 3. The molecule has 1 aliphatic rings. The van der Waals surface area contributed by atoms with Crippen LogP contribution in [0.25, 0.3) is 11.0 Å². The first-order valence-corrected chi connectivity index (χ1v) is 7.15. The maximum absolute atomic E-state index is 13.3. The molecule has 23 heavy (non-hydrogen) atoms. The van der Waals surface area contributed by atoms with E-state index in [4.69, 9.17) is 0 Å². The molecular formula is C15H12F2N6. The SMILES string of the molecule is Fc1ccc(Nc2ncnc3cnc(NC4CC4)nc23)cc1F. The van der Waals surface area contributed by atoms with E-state index in [9.17, 15) is 8.78 Å². The zero-order valence-electron chi connectivity index (χ0n) is 11.9. The second kappa shape index (κ2) is 5.38. The summed E-state index contributed by atoms with van der Waals surface area (Å²) in [6.45, 7) is 0. The summed E-state index contributed by atoms with van der Waals surface area (Å²) in [5, 5.41) is 6.14. The van der Waals surface area contributed by atoms with E-state index in [1.807, 2.05) is 0 Å². The topological polar surface area (TPSA) is 75.6 Å². The highest BCUT2D eigenvalue weighted by molar-refractivity contribution is 5.87. The number of benzene rings is 1. The molecule has 1 aliphatic carbocycles. The standard InChI is InChI=1S/C15H12F2N6/c16-10-4-3-9(5-11(10)17)21-14-13-12(19-7-20-14)6-18-15(23-13)22-8-1-2-8/h3-8H,1-2H2,(H,18,22,23)(H,19,20,21). The Morgan fingerprint density at radius 3 is 2.70 bits per heavy atom. The van der Waals surface area contributed by atoms with Crippen molar-refractivity contribution in [3.05, 3.63) is 42.4 Å². The molecule has 1 fully saturated rings. The molecule has 116 valence electrons. The van der Waals surface area contributed by atoms with Crippen molar-refractivity contribution in [2.45, 2.75) is 18.9 Å². The zero-order valence-corrected chi connectivity index (χ0v) is 11.9. The van der Waals surface area contributed by atoms with E-state index in [2.05, 4.69) is 30.6 Å². The van der Waals surface area contributed by atoms with Crippen LogP contribution in [-0.4, -0.2) is 26.0 Å². The molecule has 4 rings (SSSR count). The third-order valence-electron chi connectivity index (χ3n) is 3.47. The fraction of sp³-hybridized carbons (Fsp3) is 0.200. The summed E-state index contributed by atoms with van der Waals surface area (Å²) in [5.74, 6) is -0.925. The molecule has 0 radical (unpaired) electrons. The Balaban J connectivity index is 1.71. The molecule has 2 N–H and O–H groups in total. The van der Waals surface area contributed by atoms with Crippen LogP contribution in [0.2, 0.25) is 0 Å². The lowest BCUT2D eigenvalue weighted by Crippen LogP contribution is -2.06. The van der Waals surface area contributed by atoms with Gasteiger partial charge in [-0.1, -0.05) is 0 Å². The minimum Gasteiger partial charge on any atom is -0.351 e. The number of nitrogens with one attached hydrogen (secondary N) is 2. The molecule has 8 heteroatoms. The van der Waals surface area contributed by atoms with Gasteiger partial charge in [-0.2, -0.15) is 0 Å². The maximum atomic E-state index is 13.3. The van der Waals surface area contributed by atoms with Crippen LogP contribution in [0.1, 0.15) is 12.8 Å². The average molecular weight is 314 g/mol. The summed E-state index contributed by atoms with van der Waals surface area (Å²) in [7, 11) is 0. The van der Waals surface area contributed by atoms with E-state index in [-0.39, 0.29) is 0 Å². The molecule has 1 aromatic carbocycles. The number of aromatic nitrogens is 4. The zero-order chi connectivity index (χ0) is 15.8. The smallest absolute Gasteiger partial charge is 0.223 e. The van der Waals surface area contributed by atoms with Gasteiger partial charge in [-0.3, -0.25) is 0 Å². The van der Waals surface area contributed by atoms with Crippen LogP contribution in [-0.2, 0) is 0 Å². The minimum atomic E-state index is -0.931. The van der Waals surface area contributed by atoms with Crippen LogP contribution in [0.15, 0.2) is 30.7 Å². The third-order valence-corrected chi connectivity index (χ3v) is 3.47. The van der Waals surface area contributed by atoms with E-state index >= 15 is 0 Å². The molecule has 2 heterocycles. The quantitative estimate of drug-likeness (QED) is 0.771. The summed E-state index contributed by atoms with van der Waals surface area (Å²) >= 11 is 0. The van der Waals surface area contributed by atoms with Crippen LogP contribution < -0.4 is 10.6 Å². The molecule has 0 saturated heterocycles. The summed E-state index contributed by atoms with van der Waals surface area (Å²) in [4.78, 5) is 16.9. The summed E-state index contributed by atoms with van der Waals surface area (Å²) in [5.41, 5.74) is 1.45. The van der Waals surface area contributed by atoms with Crippen molar-refractivity contribution in [2.75, 3.05) is 10.6 Å². The van der Waals surface area contributed by atoms with Crippen molar-refractivity contribution in [3.8, 4) is 0 Å². The Morgan fingerprint density at radius 1 is 1.04 bits per heavy atom. The van der Waals surface area contributed by atoms with Gasteiger partial charge >= 0.3 is 0 Å². The van der Waals surface area contributed by atoms with Gasteiger partial charge in [0.05, 0.1) is 6.20 Å². The number of hydrogen-bond donors (Lipinski definition) is 2. The lowest BCUT2D eigenvalue weighted by molar-refractivity contribution is 0.509. The van der Waals surface area contributed by atoms with Gasteiger partial charge in [0.25, 0.3) is 0 Å². The fourth-order valence-electron chi connectivity index (χ4n) is 2.14. The van der Waals surface area contributed by atoms with Crippen molar-refractivity contribution >= 4 is 28.5 Å². The van der Waals surface area contributed by atoms with Crippen molar-refractivity contribution in [3.63, 3.8) is 0 Å². The van der Waals surface area contributed by atoms with E-state index in [1.54, 1.807) is 6.20 Å². The summed E-state index contributed by atoms with van der Waals surface area (Å²) in [6.07, 6.45) is 5.17. The first kappa shape index (κ1) is 13.7. The van der Waals surface area contributed by atoms with Gasteiger partial charge in [0, 0.05) is 17.8 Å². The Labute approximate surface area is 130 Å². The second-order valence-electron chi connectivity index (χ2n) is 5.32. The van der Waals surface area contributed by atoms with Gasteiger partial charge in [0.15, 0.2) is 17.5 Å². The van der Waals surface area contributed by atoms with E-state index < -0.39 is 11.6 Å². The molecule has 0 unspecified atom stereocenters. The Bertz CT molecular complexity index is 881.